The summed E-state index contributed by atoms with van der Waals surface area (Å²) in [5.74, 6) is -0.727. The van der Waals surface area contributed by atoms with Crippen LogP contribution in [0.2, 0.25) is 0 Å². The third-order valence-corrected chi connectivity index (χ3v) is 3.47. The van der Waals surface area contributed by atoms with Crippen molar-refractivity contribution >= 4 is 12.0 Å². The van der Waals surface area contributed by atoms with Gasteiger partial charge < -0.3 is 25.0 Å². The lowest BCUT2D eigenvalue weighted by atomic mass is 9.95. The van der Waals surface area contributed by atoms with E-state index in [0.717, 1.165) is 19.4 Å². The number of likely N-dealkylation sites (tertiary alicyclic amines) is 1. The first-order valence-corrected chi connectivity index (χ1v) is 7.46. The largest absolute Gasteiger partial charge is 0.481 e. The van der Waals surface area contributed by atoms with Gasteiger partial charge in [0.15, 0.2) is 0 Å². The number of piperidine rings is 1. The maximum absolute atomic E-state index is 12.0. The van der Waals surface area contributed by atoms with Crippen LogP contribution in [0.1, 0.15) is 19.3 Å². The molecule has 1 aliphatic heterocycles. The van der Waals surface area contributed by atoms with Gasteiger partial charge in [0.05, 0.1) is 13.2 Å². The van der Waals surface area contributed by atoms with Crippen LogP contribution >= 0.6 is 0 Å². The van der Waals surface area contributed by atoms with Crippen molar-refractivity contribution in [3.8, 4) is 0 Å². The van der Waals surface area contributed by atoms with Crippen molar-refractivity contribution in [2.24, 2.45) is 5.92 Å². The van der Waals surface area contributed by atoms with Crippen LogP contribution in [-0.2, 0) is 9.53 Å². The third kappa shape index (κ3) is 7.87. The van der Waals surface area contributed by atoms with Gasteiger partial charge in [0, 0.05) is 32.6 Å². The van der Waals surface area contributed by atoms with Crippen LogP contribution < -0.4 is 5.32 Å². The van der Waals surface area contributed by atoms with Crippen molar-refractivity contribution < 1.29 is 19.4 Å². The molecule has 0 aromatic heterocycles. The summed E-state index contributed by atoms with van der Waals surface area (Å²) < 4.78 is 5.40. The number of aliphatic carboxylic acids is 1. The molecule has 0 saturated carbocycles. The van der Waals surface area contributed by atoms with E-state index in [0.29, 0.717) is 32.8 Å². The summed E-state index contributed by atoms with van der Waals surface area (Å²) in [4.78, 5) is 26.4. The maximum atomic E-state index is 12.0. The lowest BCUT2D eigenvalue weighted by Crippen LogP contribution is -2.46. The van der Waals surface area contributed by atoms with Crippen molar-refractivity contribution in [1.29, 1.82) is 0 Å². The van der Waals surface area contributed by atoms with Gasteiger partial charge >= 0.3 is 12.0 Å². The molecule has 1 heterocycles. The fourth-order valence-corrected chi connectivity index (χ4v) is 2.35. The highest BCUT2D eigenvalue weighted by atomic mass is 16.5. The molecule has 2 N–H and O–H groups in total. The Morgan fingerprint density at radius 3 is 2.81 bits per heavy atom. The summed E-state index contributed by atoms with van der Waals surface area (Å²) in [6.45, 7) is 3.70. The molecule has 1 fully saturated rings. The van der Waals surface area contributed by atoms with Gasteiger partial charge in [0.1, 0.15) is 0 Å². The number of ether oxygens (including phenoxy) is 1. The second-order valence-electron chi connectivity index (χ2n) is 5.70. The Morgan fingerprint density at radius 1 is 1.38 bits per heavy atom. The van der Waals surface area contributed by atoms with Crippen molar-refractivity contribution in [2.75, 3.05) is 53.5 Å². The maximum Gasteiger partial charge on any atom is 0.317 e. The molecular formula is C14H27N3O4. The van der Waals surface area contributed by atoms with Gasteiger partial charge in [0.2, 0.25) is 0 Å². The van der Waals surface area contributed by atoms with E-state index in [9.17, 15) is 9.59 Å². The fraction of sp³-hybridized carbons (Fsp3) is 0.857. The monoisotopic (exact) mass is 301 g/mol. The molecule has 1 unspecified atom stereocenters. The van der Waals surface area contributed by atoms with E-state index in [4.69, 9.17) is 9.84 Å². The van der Waals surface area contributed by atoms with E-state index in [1.54, 1.807) is 4.90 Å². The summed E-state index contributed by atoms with van der Waals surface area (Å²) in [6.07, 6.45) is 1.88. The minimum Gasteiger partial charge on any atom is -0.481 e. The Kier molecular flexibility index (Phi) is 8.07. The summed E-state index contributed by atoms with van der Waals surface area (Å²) in [6, 6.07) is -0.124. The Balaban J connectivity index is 2.15. The molecule has 2 amide bonds. The number of nitrogens with zero attached hydrogens (tertiary/aromatic N) is 2. The standard InChI is InChI=1S/C14H27N3O4/c1-16(2)7-9-21-8-5-15-14(20)17-6-3-4-12(11-17)10-13(18)19/h12H,3-11H2,1-2H3,(H,15,20)(H,18,19). The molecule has 7 heteroatoms. The molecule has 1 aliphatic rings. The Bertz CT molecular complexity index is 336. The topological polar surface area (TPSA) is 82.1 Å². The van der Waals surface area contributed by atoms with Crippen molar-refractivity contribution in [3.05, 3.63) is 0 Å². The third-order valence-electron chi connectivity index (χ3n) is 3.47. The smallest absolute Gasteiger partial charge is 0.317 e. The number of carbonyl (C=O) groups is 2. The predicted octanol–water partition coefficient (Wildman–Crippen LogP) is 0.461. The number of carboxylic acid groups (broad SMARTS) is 1. The number of carbonyl (C=O) groups excluding carboxylic acids is 1. The summed E-state index contributed by atoms with van der Waals surface area (Å²) in [5.41, 5.74) is 0. The summed E-state index contributed by atoms with van der Waals surface area (Å²) >= 11 is 0. The molecule has 0 aliphatic carbocycles. The van der Waals surface area contributed by atoms with E-state index >= 15 is 0 Å². The van der Waals surface area contributed by atoms with Gasteiger partial charge in [-0.05, 0) is 32.9 Å². The van der Waals surface area contributed by atoms with E-state index in [-0.39, 0.29) is 18.4 Å². The normalized spacial score (nSPS) is 18.8. The number of rotatable bonds is 8. The van der Waals surface area contributed by atoms with Crippen LogP contribution in [0, 0.1) is 5.92 Å². The van der Waals surface area contributed by atoms with Gasteiger partial charge in [-0.25, -0.2) is 4.79 Å². The van der Waals surface area contributed by atoms with Gasteiger partial charge in [-0.1, -0.05) is 0 Å². The second kappa shape index (κ2) is 9.57. The molecule has 0 radical (unpaired) electrons. The zero-order valence-corrected chi connectivity index (χ0v) is 13.0. The van der Waals surface area contributed by atoms with Crippen molar-refractivity contribution in [3.63, 3.8) is 0 Å². The first-order valence-electron chi connectivity index (χ1n) is 7.46. The van der Waals surface area contributed by atoms with Gasteiger partial charge in [-0.3, -0.25) is 4.79 Å². The lowest BCUT2D eigenvalue weighted by molar-refractivity contribution is -0.138. The second-order valence-corrected chi connectivity index (χ2v) is 5.70. The van der Waals surface area contributed by atoms with E-state index in [1.165, 1.54) is 0 Å². The highest BCUT2D eigenvalue weighted by molar-refractivity contribution is 5.74. The van der Waals surface area contributed by atoms with Crippen LogP contribution in [0.5, 0.6) is 0 Å². The molecular weight excluding hydrogens is 274 g/mol. The molecule has 0 spiro atoms. The van der Waals surface area contributed by atoms with Gasteiger partial charge in [0.25, 0.3) is 0 Å². The van der Waals surface area contributed by atoms with E-state index in [1.807, 2.05) is 19.0 Å². The SMILES string of the molecule is CN(C)CCOCCNC(=O)N1CCCC(CC(=O)O)C1. The zero-order chi connectivity index (χ0) is 15.7. The molecule has 1 saturated heterocycles. The quantitative estimate of drug-likeness (QED) is 0.637. The first kappa shape index (κ1) is 17.7. The van der Waals surface area contributed by atoms with Crippen molar-refractivity contribution in [2.45, 2.75) is 19.3 Å². The number of nitrogens with one attached hydrogen (secondary N) is 1. The molecule has 7 nitrogen and oxygen atoms in total. The van der Waals surface area contributed by atoms with E-state index < -0.39 is 5.97 Å². The van der Waals surface area contributed by atoms with Crippen molar-refractivity contribution in [1.82, 2.24) is 15.1 Å². The predicted molar refractivity (Wildman–Crippen MR) is 79.3 cm³/mol. The fourth-order valence-electron chi connectivity index (χ4n) is 2.35. The highest BCUT2D eigenvalue weighted by Crippen LogP contribution is 2.19. The number of urea groups is 1. The van der Waals surface area contributed by atoms with Crippen LogP contribution in [0.4, 0.5) is 4.79 Å². The summed E-state index contributed by atoms with van der Waals surface area (Å²) in [7, 11) is 3.96. The van der Waals surface area contributed by atoms with Crippen LogP contribution in [0.25, 0.3) is 0 Å². The molecule has 1 atom stereocenters. The Morgan fingerprint density at radius 2 is 2.14 bits per heavy atom. The molecule has 0 bridgehead atoms. The average Bonchev–Trinajstić information content (AvgIpc) is 2.41. The summed E-state index contributed by atoms with van der Waals surface area (Å²) in [5, 5.41) is 11.6. The van der Waals surface area contributed by atoms with Gasteiger partial charge in [-0.2, -0.15) is 0 Å². The average molecular weight is 301 g/mol. The Hall–Kier alpha value is -1.34. The molecule has 1 rings (SSSR count). The molecule has 122 valence electrons. The number of hydrogen-bond donors (Lipinski definition) is 2. The lowest BCUT2D eigenvalue weighted by Gasteiger charge is -2.32. The minimum absolute atomic E-state index is 0.0679. The van der Waals surface area contributed by atoms with Crippen LogP contribution in [0.15, 0.2) is 0 Å². The number of hydrogen-bond acceptors (Lipinski definition) is 4. The zero-order valence-electron chi connectivity index (χ0n) is 13.0. The number of carboxylic acids is 1. The van der Waals surface area contributed by atoms with Crippen LogP contribution in [-0.4, -0.2) is 80.4 Å². The van der Waals surface area contributed by atoms with Crippen LogP contribution in [0.3, 0.4) is 0 Å². The molecule has 0 aromatic carbocycles. The molecule has 21 heavy (non-hydrogen) atoms. The Labute approximate surface area is 126 Å². The minimum atomic E-state index is -0.795. The number of likely N-dealkylation sites (N-methyl/N-ethyl adjacent to an activating group) is 1. The highest BCUT2D eigenvalue weighted by Gasteiger charge is 2.24. The molecule has 0 aromatic rings. The van der Waals surface area contributed by atoms with E-state index in [2.05, 4.69) is 5.32 Å². The number of amides is 2. The van der Waals surface area contributed by atoms with Gasteiger partial charge in [-0.15, -0.1) is 0 Å². The first-order chi connectivity index (χ1) is 9.99.